The number of hydrogen-bond acceptors (Lipinski definition) is 3. The summed E-state index contributed by atoms with van der Waals surface area (Å²) in [5.41, 5.74) is 14.3. The minimum atomic E-state index is 0.186. The van der Waals surface area contributed by atoms with Crippen LogP contribution in [0.25, 0.3) is 67.8 Å². The third-order valence-corrected chi connectivity index (χ3v) is 10.8. The third kappa shape index (κ3) is 6.35. The van der Waals surface area contributed by atoms with Gasteiger partial charge in [0, 0.05) is 35.4 Å². The first-order valence-corrected chi connectivity index (χ1v) is 18.6. The molecule has 258 valence electrons. The Morgan fingerprint density at radius 1 is 0.648 bits per heavy atom. The van der Waals surface area contributed by atoms with Gasteiger partial charge in [0.15, 0.2) is 5.82 Å². The van der Waals surface area contributed by atoms with E-state index in [0.29, 0.717) is 11.7 Å². The summed E-state index contributed by atoms with van der Waals surface area (Å²) in [5, 5.41) is 2.45. The van der Waals surface area contributed by atoms with E-state index in [0.717, 1.165) is 63.2 Å². The lowest BCUT2D eigenvalue weighted by molar-refractivity contribution is 0.707. The van der Waals surface area contributed by atoms with Gasteiger partial charge in [-0.2, -0.15) is 0 Å². The van der Waals surface area contributed by atoms with E-state index in [1.165, 1.54) is 33.0 Å². The maximum Gasteiger partial charge on any atom is 0.160 e. The average Bonchev–Trinajstić information content (AvgIpc) is 3.25. The highest BCUT2D eigenvalue weighted by Gasteiger charge is 2.25. The molecule has 9 rings (SSSR count). The van der Waals surface area contributed by atoms with Gasteiger partial charge < -0.3 is 0 Å². The van der Waals surface area contributed by atoms with Crippen molar-refractivity contribution in [2.24, 2.45) is 10.9 Å². The van der Waals surface area contributed by atoms with Crippen LogP contribution in [0.2, 0.25) is 0 Å². The first kappa shape index (κ1) is 33.1. The summed E-state index contributed by atoms with van der Waals surface area (Å²) >= 11 is 0. The van der Waals surface area contributed by atoms with Gasteiger partial charge in [0.05, 0.1) is 11.4 Å². The summed E-state index contributed by atoms with van der Waals surface area (Å²) in [7, 11) is 0. The summed E-state index contributed by atoms with van der Waals surface area (Å²) in [5.74, 6) is 1.17. The lowest BCUT2D eigenvalue weighted by Crippen LogP contribution is -2.18. The molecule has 0 fully saturated rings. The van der Waals surface area contributed by atoms with Gasteiger partial charge in [-0.1, -0.05) is 153 Å². The molecule has 0 saturated carbocycles. The molecule has 3 heteroatoms. The highest BCUT2D eigenvalue weighted by atomic mass is 14.9. The van der Waals surface area contributed by atoms with Crippen molar-refractivity contribution in [3.63, 3.8) is 0 Å². The maximum atomic E-state index is 5.28. The zero-order valence-corrected chi connectivity index (χ0v) is 30.1. The Kier molecular flexibility index (Phi) is 8.82. The summed E-state index contributed by atoms with van der Waals surface area (Å²) in [6.07, 6.45) is 23.0. The largest absolute Gasteiger partial charge is 0.268 e. The normalized spacial score (nSPS) is 17.4. The first-order valence-electron chi connectivity index (χ1n) is 18.6. The number of aromatic nitrogens is 2. The Morgan fingerprint density at radius 2 is 1.44 bits per heavy atom. The van der Waals surface area contributed by atoms with E-state index in [2.05, 4.69) is 176 Å². The second-order valence-electron chi connectivity index (χ2n) is 14.0. The van der Waals surface area contributed by atoms with Gasteiger partial charge >= 0.3 is 0 Å². The van der Waals surface area contributed by atoms with Crippen LogP contribution in [0.5, 0.6) is 0 Å². The predicted molar refractivity (Wildman–Crippen MR) is 229 cm³/mol. The summed E-state index contributed by atoms with van der Waals surface area (Å²) in [4.78, 5) is 15.1. The standard InChI is InChI=1S/C51H39N3/c1-3-34-15-11-21-46(45(34)4-2)41-17-10-18-42(30-41)50-31-49(37-25-23-36(24-26-37)48-33-52-32-44-14-7-8-20-47(44)48)53-51(54-50)43-19-9-16-39(29-43)40-27-22-35-12-5-6-13-38(35)28-40/h3-9,11-16,18-33,47-48H,1-2,10,17H2. The van der Waals surface area contributed by atoms with Crippen molar-refractivity contribution in [1.82, 2.24) is 9.97 Å². The fourth-order valence-electron chi connectivity index (χ4n) is 7.95. The second kappa shape index (κ2) is 14.4. The van der Waals surface area contributed by atoms with Gasteiger partial charge in [-0.15, -0.1) is 0 Å². The van der Waals surface area contributed by atoms with Crippen LogP contribution in [-0.4, -0.2) is 16.2 Å². The Labute approximate surface area is 317 Å². The number of aliphatic imine (C=N–C) groups is 1. The number of benzene rings is 5. The van der Waals surface area contributed by atoms with Crippen molar-refractivity contribution in [3.8, 4) is 33.8 Å². The minimum absolute atomic E-state index is 0.186. The lowest BCUT2D eigenvalue weighted by Gasteiger charge is -2.27. The minimum Gasteiger partial charge on any atom is -0.268 e. The molecule has 0 N–H and O–H groups in total. The Hall–Kier alpha value is -6.71. The maximum absolute atomic E-state index is 5.28. The molecule has 3 aliphatic rings. The van der Waals surface area contributed by atoms with Crippen molar-refractivity contribution < 1.29 is 0 Å². The van der Waals surface area contributed by atoms with E-state index in [9.17, 15) is 0 Å². The summed E-state index contributed by atoms with van der Waals surface area (Å²) in [6.45, 7) is 8.18. The van der Waals surface area contributed by atoms with E-state index in [1.54, 1.807) is 0 Å². The Balaban J connectivity index is 1.13. The van der Waals surface area contributed by atoms with Gasteiger partial charge in [-0.05, 0) is 98.0 Å². The predicted octanol–water partition coefficient (Wildman–Crippen LogP) is 13.0. The second-order valence-corrected chi connectivity index (χ2v) is 14.0. The monoisotopic (exact) mass is 693 g/mol. The molecule has 1 aliphatic heterocycles. The molecule has 2 aliphatic carbocycles. The zero-order valence-electron chi connectivity index (χ0n) is 30.1. The molecule has 54 heavy (non-hydrogen) atoms. The first-order chi connectivity index (χ1) is 26.6. The molecule has 0 spiro atoms. The van der Waals surface area contributed by atoms with Crippen molar-refractivity contribution in [2.75, 3.05) is 0 Å². The fourth-order valence-corrected chi connectivity index (χ4v) is 7.95. The third-order valence-electron chi connectivity index (χ3n) is 10.8. The van der Waals surface area contributed by atoms with E-state index in [4.69, 9.17) is 9.97 Å². The summed E-state index contributed by atoms with van der Waals surface area (Å²) in [6, 6.07) is 41.1. The lowest BCUT2D eigenvalue weighted by atomic mass is 9.79. The molecule has 2 atom stereocenters. The molecule has 2 unspecified atom stereocenters. The summed E-state index contributed by atoms with van der Waals surface area (Å²) < 4.78 is 0. The SMILES string of the molecule is C=Cc1cccc(C2=CC(c3cc(-c4ccc(C5C=NC=C6C=CC=CC65)cc4)nc(-c4cccc(-c5ccc6ccccc6c5)c4)n3)=CCC2)c1C=C. The number of nitrogens with zero attached hydrogens (tertiary/aromatic N) is 3. The van der Waals surface area contributed by atoms with E-state index in [-0.39, 0.29) is 5.92 Å². The number of hydrogen-bond donors (Lipinski definition) is 0. The van der Waals surface area contributed by atoms with Crippen LogP contribution in [0.4, 0.5) is 0 Å². The van der Waals surface area contributed by atoms with Gasteiger partial charge in [-0.3, -0.25) is 4.99 Å². The molecule has 2 heterocycles. The van der Waals surface area contributed by atoms with Crippen LogP contribution in [-0.2, 0) is 0 Å². The van der Waals surface area contributed by atoms with Gasteiger partial charge in [0.25, 0.3) is 0 Å². The quantitative estimate of drug-likeness (QED) is 0.159. The topological polar surface area (TPSA) is 38.1 Å². The molecule has 0 saturated heterocycles. The fraction of sp³-hybridized carbons (Fsp3) is 0.0784. The van der Waals surface area contributed by atoms with Crippen molar-refractivity contribution in [3.05, 3.63) is 205 Å². The Morgan fingerprint density at radius 3 is 2.31 bits per heavy atom. The van der Waals surface area contributed by atoms with Crippen LogP contribution in [0.15, 0.2) is 182 Å². The van der Waals surface area contributed by atoms with Crippen LogP contribution < -0.4 is 0 Å². The average molecular weight is 694 g/mol. The van der Waals surface area contributed by atoms with E-state index >= 15 is 0 Å². The highest BCUT2D eigenvalue weighted by molar-refractivity contribution is 5.90. The van der Waals surface area contributed by atoms with Crippen molar-refractivity contribution in [1.29, 1.82) is 0 Å². The zero-order chi connectivity index (χ0) is 36.4. The van der Waals surface area contributed by atoms with Crippen LogP contribution in [0, 0.1) is 5.92 Å². The van der Waals surface area contributed by atoms with Gasteiger partial charge in [0.2, 0.25) is 0 Å². The molecule has 6 aromatic rings. The number of allylic oxidation sites excluding steroid dienone is 9. The van der Waals surface area contributed by atoms with Crippen LogP contribution in [0.3, 0.4) is 0 Å². The number of fused-ring (bicyclic) bond motifs is 2. The number of rotatable bonds is 8. The molecule has 0 amide bonds. The molecular formula is C51H39N3. The molecule has 3 nitrogen and oxygen atoms in total. The molecule has 0 radical (unpaired) electrons. The van der Waals surface area contributed by atoms with E-state index < -0.39 is 0 Å². The van der Waals surface area contributed by atoms with Gasteiger partial charge in [0.1, 0.15) is 0 Å². The molecule has 1 aromatic heterocycles. The molecule has 0 bridgehead atoms. The van der Waals surface area contributed by atoms with Crippen LogP contribution in [0.1, 0.15) is 46.7 Å². The highest BCUT2D eigenvalue weighted by Crippen LogP contribution is 2.38. The smallest absolute Gasteiger partial charge is 0.160 e. The van der Waals surface area contributed by atoms with Gasteiger partial charge in [-0.25, -0.2) is 9.97 Å². The van der Waals surface area contributed by atoms with Crippen molar-refractivity contribution in [2.45, 2.75) is 18.8 Å². The molecular weight excluding hydrogens is 655 g/mol. The Bertz CT molecular complexity index is 2640. The van der Waals surface area contributed by atoms with Crippen LogP contribution >= 0.6 is 0 Å². The molecule has 5 aromatic carbocycles. The van der Waals surface area contributed by atoms with E-state index in [1.807, 2.05) is 18.4 Å². The van der Waals surface area contributed by atoms with Crippen molar-refractivity contribution >= 4 is 40.3 Å².